The molecule has 0 saturated carbocycles. The lowest BCUT2D eigenvalue weighted by atomic mass is 9.97. The maximum atomic E-state index is 14.0. The fourth-order valence-electron chi connectivity index (χ4n) is 4.53. The van der Waals surface area contributed by atoms with E-state index in [1.165, 1.54) is 18.2 Å². The Bertz CT molecular complexity index is 1340. The molecule has 1 aliphatic rings. The van der Waals surface area contributed by atoms with Crippen LogP contribution in [0.3, 0.4) is 0 Å². The fourth-order valence-corrected chi connectivity index (χ4v) is 4.53. The van der Waals surface area contributed by atoms with Crippen molar-refractivity contribution in [3.63, 3.8) is 0 Å². The first-order valence-corrected chi connectivity index (χ1v) is 11.7. The van der Waals surface area contributed by atoms with Crippen LogP contribution in [0.4, 0.5) is 8.78 Å². The van der Waals surface area contributed by atoms with E-state index >= 15 is 0 Å². The molecular weight excluding hydrogens is 448 g/mol. The number of amides is 1. The maximum absolute atomic E-state index is 14.0. The molecule has 1 atom stereocenters. The molecule has 4 aromatic rings. The summed E-state index contributed by atoms with van der Waals surface area (Å²) >= 11 is 0. The Balaban J connectivity index is 1.26. The molecule has 7 heteroatoms. The summed E-state index contributed by atoms with van der Waals surface area (Å²) in [5.41, 5.74) is 2.54. The zero-order chi connectivity index (χ0) is 24.2. The molecule has 178 valence electrons. The number of pyridine rings is 1. The van der Waals surface area contributed by atoms with Crippen molar-refractivity contribution in [3.8, 4) is 0 Å². The molecule has 0 bridgehead atoms. The van der Waals surface area contributed by atoms with E-state index in [1.807, 2.05) is 11.0 Å². The van der Waals surface area contributed by atoms with Gasteiger partial charge < -0.3 is 9.32 Å². The van der Waals surface area contributed by atoms with Gasteiger partial charge in [-0.25, -0.2) is 13.8 Å². The summed E-state index contributed by atoms with van der Waals surface area (Å²) in [6.07, 6.45) is 5.77. The lowest BCUT2D eigenvalue weighted by molar-refractivity contribution is 0.0697. The molecular formula is C28H25F2N3O2. The minimum Gasteiger partial charge on any atom is -0.445 e. The zero-order valence-corrected chi connectivity index (χ0v) is 19.2. The summed E-state index contributed by atoms with van der Waals surface area (Å²) in [6, 6.07) is 16.4. The Hall–Kier alpha value is -3.87. The predicted octanol–water partition coefficient (Wildman–Crippen LogP) is 5.55. The van der Waals surface area contributed by atoms with Gasteiger partial charge in [0.15, 0.2) is 5.89 Å². The number of aromatic nitrogens is 2. The first-order valence-electron chi connectivity index (χ1n) is 11.7. The van der Waals surface area contributed by atoms with E-state index in [2.05, 4.69) is 9.97 Å². The molecule has 5 nitrogen and oxygen atoms in total. The fraction of sp³-hybridized carbons (Fsp3) is 0.250. The number of benzene rings is 2. The van der Waals surface area contributed by atoms with Crippen LogP contribution in [0.2, 0.25) is 0 Å². The standard InChI is InChI=1S/C28H25F2N3O2/c29-23-8-3-5-19(13-23)14-25-17-32-27(35-25)22-7-4-12-33(18-22)28(34)21-10-11-31-24(16-21)15-20-6-1-2-9-26(20)30/h1-3,5-6,8-11,13,16-17,22H,4,7,12,14-15,18H2/t22-/m0/s1. The second-order valence-corrected chi connectivity index (χ2v) is 8.87. The predicted molar refractivity (Wildman–Crippen MR) is 127 cm³/mol. The van der Waals surface area contributed by atoms with Crippen molar-refractivity contribution in [2.45, 2.75) is 31.6 Å². The Labute approximate surface area is 202 Å². The Morgan fingerprint density at radius 3 is 2.77 bits per heavy atom. The van der Waals surface area contributed by atoms with Crippen molar-refractivity contribution >= 4 is 5.91 Å². The number of nitrogens with zero attached hydrogens (tertiary/aromatic N) is 3. The van der Waals surface area contributed by atoms with Crippen molar-refractivity contribution in [3.05, 3.63) is 119 Å². The van der Waals surface area contributed by atoms with Gasteiger partial charge >= 0.3 is 0 Å². The zero-order valence-electron chi connectivity index (χ0n) is 19.2. The van der Waals surface area contributed by atoms with Crippen LogP contribution in [0.15, 0.2) is 77.5 Å². The lowest BCUT2D eigenvalue weighted by Crippen LogP contribution is -2.39. The molecule has 1 amide bonds. The van der Waals surface area contributed by atoms with E-state index < -0.39 is 0 Å². The molecule has 0 N–H and O–H groups in total. The number of rotatable bonds is 6. The average Bonchev–Trinajstić information content (AvgIpc) is 3.34. The topological polar surface area (TPSA) is 59.2 Å². The number of hydrogen-bond donors (Lipinski definition) is 0. The number of carbonyl (C=O) groups is 1. The van der Waals surface area contributed by atoms with Crippen molar-refractivity contribution in [1.82, 2.24) is 14.9 Å². The molecule has 5 rings (SSSR count). The monoisotopic (exact) mass is 473 g/mol. The first kappa shape index (κ1) is 22.9. The van der Waals surface area contributed by atoms with E-state index in [0.717, 1.165) is 18.4 Å². The Morgan fingerprint density at radius 2 is 1.91 bits per heavy atom. The number of hydrogen-bond acceptors (Lipinski definition) is 4. The molecule has 0 aliphatic carbocycles. The minimum absolute atomic E-state index is 0.00585. The number of piperidine rings is 1. The highest BCUT2D eigenvalue weighted by atomic mass is 19.1. The first-order chi connectivity index (χ1) is 17.0. The normalized spacial score (nSPS) is 15.8. The van der Waals surface area contributed by atoms with Gasteiger partial charge in [0.25, 0.3) is 5.91 Å². The highest BCUT2D eigenvalue weighted by molar-refractivity contribution is 5.94. The Kier molecular flexibility index (Phi) is 6.66. The molecule has 35 heavy (non-hydrogen) atoms. The third-order valence-corrected chi connectivity index (χ3v) is 6.29. The van der Waals surface area contributed by atoms with Gasteiger partial charge in [0.2, 0.25) is 0 Å². The van der Waals surface area contributed by atoms with Crippen LogP contribution in [-0.4, -0.2) is 33.9 Å². The highest BCUT2D eigenvalue weighted by Gasteiger charge is 2.28. The summed E-state index contributed by atoms with van der Waals surface area (Å²) in [6.45, 7) is 1.15. The number of oxazole rings is 1. The smallest absolute Gasteiger partial charge is 0.253 e. The SMILES string of the molecule is O=C(c1ccnc(Cc2ccccc2F)c1)N1CCC[C@H](c2ncc(Cc3cccc(F)c3)o2)C1. The lowest BCUT2D eigenvalue weighted by Gasteiger charge is -2.31. The van der Waals surface area contributed by atoms with Crippen molar-refractivity contribution < 1.29 is 18.0 Å². The summed E-state index contributed by atoms with van der Waals surface area (Å²) in [7, 11) is 0. The number of carbonyl (C=O) groups excluding carboxylic acids is 1. The molecule has 2 aromatic carbocycles. The van der Waals surface area contributed by atoms with Gasteiger partial charge in [0.05, 0.1) is 12.1 Å². The maximum Gasteiger partial charge on any atom is 0.253 e. The minimum atomic E-state index is -0.285. The Morgan fingerprint density at radius 1 is 1.03 bits per heavy atom. The van der Waals surface area contributed by atoms with E-state index in [4.69, 9.17) is 4.42 Å². The molecule has 1 aliphatic heterocycles. The summed E-state index contributed by atoms with van der Waals surface area (Å²) in [5, 5.41) is 0. The van der Waals surface area contributed by atoms with Crippen LogP contribution >= 0.6 is 0 Å². The van der Waals surface area contributed by atoms with Gasteiger partial charge in [-0.1, -0.05) is 30.3 Å². The van der Waals surface area contributed by atoms with Gasteiger partial charge in [0.1, 0.15) is 17.4 Å². The second-order valence-electron chi connectivity index (χ2n) is 8.87. The summed E-state index contributed by atoms with van der Waals surface area (Å²) in [5.74, 6) is 0.612. The van der Waals surface area contributed by atoms with Gasteiger partial charge in [-0.15, -0.1) is 0 Å². The van der Waals surface area contributed by atoms with Gasteiger partial charge in [-0.3, -0.25) is 9.78 Å². The van der Waals surface area contributed by atoms with Crippen LogP contribution in [0.1, 0.15) is 57.6 Å². The van der Waals surface area contributed by atoms with Crippen LogP contribution in [-0.2, 0) is 12.8 Å². The van der Waals surface area contributed by atoms with E-state index in [9.17, 15) is 13.6 Å². The molecule has 0 radical (unpaired) electrons. The highest BCUT2D eigenvalue weighted by Crippen LogP contribution is 2.28. The largest absolute Gasteiger partial charge is 0.445 e. The summed E-state index contributed by atoms with van der Waals surface area (Å²) in [4.78, 5) is 23.8. The van der Waals surface area contributed by atoms with Gasteiger partial charge in [-0.05, 0) is 54.3 Å². The molecule has 0 unspecified atom stereocenters. The third kappa shape index (κ3) is 5.45. The van der Waals surface area contributed by atoms with Gasteiger partial charge in [-0.2, -0.15) is 0 Å². The number of halogens is 2. The van der Waals surface area contributed by atoms with Crippen molar-refractivity contribution in [2.24, 2.45) is 0 Å². The molecule has 3 heterocycles. The quantitative estimate of drug-likeness (QED) is 0.369. The van der Waals surface area contributed by atoms with Crippen LogP contribution in [0, 0.1) is 11.6 Å². The van der Waals surface area contributed by atoms with Crippen molar-refractivity contribution in [2.75, 3.05) is 13.1 Å². The average molecular weight is 474 g/mol. The van der Waals surface area contributed by atoms with Gasteiger partial charge in [0, 0.05) is 43.4 Å². The van der Waals surface area contributed by atoms with E-state index in [0.29, 0.717) is 54.4 Å². The summed E-state index contributed by atoms with van der Waals surface area (Å²) < 4.78 is 33.5. The van der Waals surface area contributed by atoms with E-state index in [-0.39, 0.29) is 23.5 Å². The van der Waals surface area contributed by atoms with Crippen LogP contribution < -0.4 is 0 Å². The molecule has 1 fully saturated rings. The molecule has 2 aromatic heterocycles. The second kappa shape index (κ2) is 10.2. The van der Waals surface area contributed by atoms with Crippen LogP contribution in [0.5, 0.6) is 0 Å². The third-order valence-electron chi connectivity index (χ3n) is 6.29. The van der Waals surface area contributed by atoms with Crippen LogP contribution in [0.25, 0.3) is 0 Å². The molecule has 1 saturated heterocycles. The number of likely N-dealkylation sites (tertiary alicyclic amines) is 1. The van der Waals surface area contributed by atoms with Crippen molar-refractivity contribution in [1.29, 1.82) is 0 Å². The molecule has 0 spiro atoms. The van der Waals surface area contributed by atoms with E-state index in [1.54, 1.807) is 48.8 Å².